The molecule has 3 aromatic carbocycles. The van der Waals surface area contributed by atoms with Gasteiger partial charge >= 0.3 is 0 Å². The van der Waals surface area contributed by atoms with E-state index < -0.39 is 0 Å². The van der Waals surface area contributed by atoms with Crippen LogP contribution in [0.25, 0.3) is 10.9 Å². The third-order valence-corrected chi connectivity index (χ3v) is 10.3. The predicted octanol–water partition coefficient (Wildman–Crippen LogP) is 8.30. The third-order valence-electron chi connectivity index (χ3n) is 9.78. The molecule has 4 aromatic rings. The smallest absolute Gasteiger partial charge is 0.145 e. The van der Waals surface area contributed by atoms with Crippen molar-refractivity contribution in [1.82, 2.24) is 19.8 Å². The number of hydrogen-bond donors (Lipinski definition) is 0. The highest BCUT2D eigenvalue weighted by Gasteiger charge is 2.31. The molecular weight excluding hydrogens is 597 g/mol. The summed E-state index contributed by atoms with van der Waals surface area (Å²) in [6.45, 7) is 6.79. The zero-order chi connectivity index (χ0) is 30.6. The highest BCUT2D eigenvalue weighted by molar-refractivity contribution is 6.31. The summed E-state index contributed by atoms with van der Waals surface area (Å²) >= 11 is 12.6. The molecule has 0 amide bonds. The molecule has 7 rings (SSSR count). The second-order valence-corrected chi connectivity index (χ2v) is 13.6. The predicted molar refractivity (Wildman–Crippen MR) is 187 cm³/mol. The Hall–Kier alpha value is -3.22. The number of para-hydroxylation sites is 1. The molecule has 2 aliphatic heterocycles. The summed E-state index contributed by atoms with van der Waals surface area (Å²) in [6, 6.07) is 28.1. The lowest BCUT2D eigenvalue weighted by atomic mass is 9.86. The molecule has 0 radical (unpaired) electrons. The van der Waals surface area contributed by atoms with Crippen LogP contribution in [-0.4, -0.2) is 59.0 Å². The zero-order valence-electron chi connectivity index (χ0n) is 25.7. The van der Waals surface area contributed by atoms with Gasteiger partial charge in [0.1, 0.15) is 11.6 Å². The highest BCUT2D eigenvalue weighted by atomic mass is 35.5. The van der Waals surface area contributed by atoms with Gasteiger partial charge in [-0.05, 0) is 73.1 Å². The van der Waals surface area contributed by atoms with Crippen LogP contribution < -0.4 is 4.90 Å². The van der Waals surface area contributed by atoms with Gasteiger partial charge < -0.3 is 4.90 Å². The van der Waals surface area contributed by atoms with Crippen molar-refractivity contribution in [2.75, 3.05) is 44.2 Å². The van der Waals surface area contributed by atoms with Crippen LogP contribution >= 0.6 is 23.2 Å². The number of piperazine rings is 1. The minimum absolute atomic E-state index is 0.287. The zero-order valence-corrected chi connectivity index (χ0v) is 27.3. The van der Waals surface area contributed by atoms with E-state index in [-0.39, 0.29) is 6.04 Å². The highest BCUT2D eigenvalue weighted by Crippen LogP contribution is 2.37. The Morgan fingerprint density at radius 2 is 1.51 bits per heavy atom. The molecular formula is C38H41Cl2N5. The molecule has 0 spiro atoms. The van der Waals surface area contributed by atoms with Gasteiger partial charge in [-0.15, -0.1) is 0 Å². The summed E-state index contributed by atoms with van der Waals surface area (Å²) in [6.07, 6.45) is 11.0. The number of benzene rings is 3. The van der Waals surface area contributed by atoms with Crippen LogP contribution in [0.15, 0.2) is 102 Å². The van der Waals surface area contributed by atoms with Gasteiger partial charge in [-0.3, -0.25) is 9.80 Å². The quantitative estimate of drug-likeness (QED) is 0.194. The SMILES string of the molecule is ClC1=CCC(C(c2ccc(Cl)cc2)N2CCN(Cc3nc(N4CCC(Cc5ccccc5)CC4)c4ccccc4n3)CC2)C=C1. The summed E-state index contributed by atoms with van der Waals surface area (Å²) in [7, 11) is 0. The van der Waals surface area contributed by atoms with Gasteiger partial charge in [-0.25, -0.2) is 9.97 Å². The van der Waals surface area contributed by atoms with Crippen molar-refractivity contribution in [3.05, 3.63) is 124 Å². The first kappa shape index (κ1) is 30.4. The molecule has 7 heteroatoms. The summed E-state index contributed by atoms with van der Waals surface area (Å²) in [5, 5.41) is 2.76. The maximum absolute atomic E-state index is 6.29. The topological polar surface area (TPSA) is 35.5 Å². The minimum atomic E-state index is 0.287. The number of halogens is 2. The van der Waals surface area contributed by atoms with Crippen molar-refractivity contribution in [1.29, 1.82) is 0 Å². The Kier molecular flexibility index (Phi) is 9.50. The molecule has 232 valence electrons. The Morgan fingerprint density at radius 3 is 2.24 bits per heavy atom. The van der Waals surface area contributed by atoms with Gasteiger partial charge in [-0.2, -0.15) is 0 Å². The molecule has 0 saturated carbocycles. The average Bonchev–Trinajstić information content (AvgIpc) is 3.08. The largest absolute Gasteiger partial charge is 0.356 e. The van der Waals surface area contributed by atoms with E-state index in [9.17, 15) is 0 Å². The maximum atomic E-state index is 6.29. The van der Waals surface area contributed by atoms with E-state index in [1.54, 1.807) is 0 Å². The number of hydrogen-bond acceptors (Lipinski definition) is 5. The molecule has 2 saturated heterocycles. The number of allylic oxidation sites excluding steroid dienone is 3. The van der Waals surface area contributed by atoms with Crippen LogP contribution in [-0.2, 0) is 13.0 Å². The number of anilines is 1. The summed E-state index contributed by atoms with van der Waals surface area (Å²) in [4.78, 5) is 17.9. The van der Waals surface area contributed by atoms with Crippen molar-refractivity contribution in [3.63, 3.8) is 0 Å². The van der Waals surface area contributed by atoms with Gasteiger partial charge in [-0.1, -0.05) is 90.0 Å². The lowest BCUT2D eigenvalue weighted by Gasteiger charge is -2.42. The number of rotatable bonds is 8. The number of nitrogens with zero attached hydrogens (tertiary/aromatic N) is 5. The van der Waals surface area contributed by atoms with E-state index in [2.05, 4.69) is 99.7 Å². The van der Waals surface area contributed by atoms with E-state index in [1.165, 1.54) is 24.0 Å². The van der Waals surface area contributed by atoms with Crippen molar-refractivity contribution in [2.45, 2.75) is 38.3 Å². The number of piperidine rings is 1. The van der Waals surface area contributed by atoms with Crippen LogP contribution in [0.4, 0.5) is 5.82 Å². The fraction of sp³-hybridized carbons (Fsp3) is 0.368. The average molecular weight is 639 g/mol. The third kappa shape index (κ3) is 7.28. The molecule has 0 bridgehead atoms. The molecule has 1 aromatic heterocycles. The fourth-order valence-corrected chi connectivity index (χ4v) is 7.64. The maximum Gasteiger partial charge on any atom is 0.145 e. The Bertz CT molecular complexity index is 1640. The summed E-state index contributed by atoms with van der Waals surface area (Å²) in [5.74, 6) is 3.13. The van der Waals surface area contributed by atoms with Crippen molar-refractivity contribution < 1.29 is 0 Å². The molecule has 45 heavy (non-hydrogen) atoms. The van der Waals surface area contributed by atoms with Crippen molar-refractivity contribution in [2.24, 2.45) is 11.8 Å². The molecule has 2 unspecified atom stereocenters. The second-order valence-electron chi connectivity index (χ2n) is 12.8. The van der Waals surface area contributed by atoms with Gasteiger partial charge in [0.2, 0.25) is 0 Å². The molecule has 2 fully saturated rings. The van der Waals surface area contributed by atoms with Crippen molar-refractivity contribution >= 4 is 39.9 Å². The molecule has 3 heterocycles. The fourth-order valence-electron chi connectivity index (χ4n) is 7.35. The normalized spacial score (nSPS) is 20.8. The second kappa shape index (κ2) is 14.0. The van der Waals surface area contributed by atoms with Crippen molar-refractivity contribution in [3.8, 4) is 0 Å². The monoisotopic (exact) mass is 637 g/mol. The van der Waals surface area contributed by atoms with E-state index in [4.69, 9.17) is 33.2 Å². The summed E-state index contributed by atoms with van der Waals surface area (Å²) in [5.41, 5.74) is 3.80. The molecule has 3 aliphatic rings. The van der Waals surface area contributed by atoms with Crippen LogP contribution in [0.1, 0.15) is 42.3 Å². The Labute approximate surface area is 277 Å². The van der Waals surface area contributed by atoms with E-state index >= 15 is 0 Å². The molecule has 2 atom stereocenters. The first-order chi connectivity index (χ1) is 22.1. The number of fused-ring (bicyclic) bond motifs is 1. The van der Waals surface area contributed by atoms with Crippen LogP contribution in [0.2, 0.25) is 5.02 Å². The Morgan fingerprint density at radius 1 is 0.778 bits per heavy atom. The Balaban J connectivity index is 1.03. The van der Waals surface area contributed by atoms with Gasteiger partial charge in [0.25, 0.3) is 0 Å². The van der Waals surface area contributed by atoms with Gasteiger partial charge in [0.15, 0.2) is 0 Å². The van der Waals surface area contributed by atoms with E-state index in [1.807, 2.05) is 12.1 Å². The van der Waals surface area contributed by atoms with Gasteiger partial charge in [0, 0.05) is 66.7 Å². The molecule has 5 nitrogen and oxygen atoms in total. The first-order valence-electron chi connectivity index (χ1n) is 16.4. The first-order valence-corrected chi connectivity index (χ1v) is 17.1. The molecule has 1 aliphatic carbocycles. The van der Waals surface area contributed by atoms with Crippen LogP contribution in [0, 0.1) is 11.8 Å². The molecule has 0 N–H and O–H groups in total. The van der Waals surface area contributed by atoms with Gasteiger partial charge in [0.05, 0.1) is 12.1 Å². The van der Waals surface area contributed by atoms with Crippen LogP contribution in [0.3, 0.4) is 0 Å². The van der Waals surface area contributed by atoms with E-state index in [0.717, 1.165) is 97.2 Å². The lowest BCUT2D eigenvalue weighted by Crippen LogP contribution is -2.48. The number of aromatic nitrogens is 2. The van der Waals surface area contributed by atoms with E-state index in [0.29, 0.717) is 5.92 Å². The van der Waals surface area contributed by atoms with Crippen LogP contribution in [0.5, 0.6) is 0 Å². The lowest BCUT2D eigenvalue weighted by molar-refractivity contribution is 0.0733. The standard InChI is InChI=1S/C38H41Cl2N5/c39-32-14-10-30(11-15-32)37(31-12-16-33(40)17-13-31)44-24-22-43(23-25-44)27-36-41-35-9-5-4-8-34(35)38(42-36)45-20-18-29(19-21-45)26-28-6-2-1-3-7-28/h1-12,14-17,29,31,37H,13,18-27H2. The summed E-state index contributed by atoms with van der Waals surface area (Å²) < 4.78 is 0. The minimum Gasteiger partial charge on any atom is -0.356 e.